The second kappa shape index (κ2) is 7.04. The zero-order valence-corrected chi connectivity index (χ0v) is 13.7. The first kappa shape index (κ1) is 16.0. The zero-order valence-electron chi connectivity index (χ0n) is 12.1. The molecule has 4 nitrogen and oxygen atoms in total. The van der Waals surface area contributed by atoms with E-state index in [9.17, 15) is 9.59 Å². The summed E-state index contributed by atoms with van der Waals surface area (Å²) in [7, 11) is 0. The third kappa shape index (κ3) is 3.44. The second-order valence-electron chi connectivity index (χ2n) is 4.65. The van der Waals surface area contributed by atoms with Crippen molar-refractivity contribution >= 4 is 45.8 Å². The lowest BCUT2D eigenvalue weighted by Gasteiger charge is -2.22. The molecule has 0 aliphatic carbocycles. The van der Waals surface area contributed by atoms with E-state index in [-0.39, 0.29) is 18.2 Å². The molecule has 0 saturated carbocycles. The van der Waals surface area contributed by atoms with Crippen molar-refractivity contribution in [1.82, 2.24) is 4.90 Å². The normalized spacial score (nSPS) is 18.2. The molecule has 112 valence electrons. The Balaban J connectivity index is 2.10. The number of benzene rings is 1. The molecule has 1 aliphatic heterocycles. The number of carbonyl (C=O) groups excluding carboxylic acids is 2. The average molecular weight is 322 g/mol. The molecule has 0 N–H and O–H groups in total. The standard InChI is InChI=1S/C15H18N2O2S2/c1-3-16(4-2)15(20)21-12-10-13(18)17(14(12)19)11-8-6-5-7-9-11/h5-9,12H,3-4,10H2,1-2H3/t12-/m0/s1. The van der Waals surface area contributed by atoms with Gasteiger partial charge in [-0.2, -0.15) is 0 Å². The number of rotatable bonds is 4. The predicted molar refractivity (Wildman–Crippen MR) is 90.5 cm³/mol. The largest absolute Gasteiger partial charge is 0.358 e. The van der Waals surface area contributed by atoms with Crippen molar-refractivity contribution in [3.8, 4) is 0 Å². The molecule has 0 aromatic heterocycles. The summed E-state index contributed by atoms with van der Waals surface area (Å²) in [5.41, 5.74) is 0.629. The molecule has 0 radical (unpaired) electrons. The Bertz CT molecular complexity index is 544. The molecule has 6 heteroatoms. The van der Waals surface area contributed by atoms with Crippen molar-refractivity contribution in [3.05, 3.63) is 30.3 Å². The first-order valence-corrected chi connectivity index (χ1v) is 8.24. The fourth-order valence-corrected chi connectivity index (χ4v) is 3.91. The number of anilines is 1. The number of nitrogens with zero attached hydrogens (tertiary/aromatic N) is 2. The van der Waals surface area contributed by atoms with Crippen LogP contribution in [0.3, 0.4) is 0 Å². The summed E-state index contributed by atoms with van der Waals surface area (Å²) in [6.45, 7) is 5.65. The molecule has 1 heterocycles. The van der Waals surface area contributed by atoms with E-state index >= 15 is 0 Å². The van der Waals surface area contributed by atoms with Gasteiger partial charge in [0, 0.05) is 19.5 Å². The second-order valence-corrected chi connectivity index (χ2v) is 6.49. The van der Waals surface area contributed by atoms with Crippen molar-refractivity contribution in [3.63, 3.8) is 0 Å². The van der Waals surface area contributed by atoms with Crippen LogP contribution in [-0.4, -0.2) is 39.4 Å². The SMILES string of the molecule is CCN(CC)C(=S)S[C@H]1CC(=O)N(c2ccccc2)C1=O. The van der Waals surface area contributed by atoms with Crippen LogP contribution < -0.4 is 4.90 Å². The summed E-state index contributed by atoms with van der Waals surface area (Å²) in [5, 5.41) is -0.411. The van der Waals surface area contributed by atoms with Gasteiger partial charge in [-0.15, -0.1) is 0 Å². The molecule has 2 rings (SSSR count). The van der Waals surface area contributed by atoms with Gasteiger partial charge in [0.05, 0.1) is 5.69 Å². The van der Waals surface area contributed by atoms with Crippen LogP contribution in [0.5, 0.6) is 0 Å². The fraction of sp³-hybridized carbons (Fsp3) is 0.400. The van der Waals surface area contributed by atoms with Gasteiger partial charge >= 0.3 is 0 Å². The van der Waals surface area contributed by atoms with Gasteiger partial charge in [0.2, 0.25) is 11.8 Å². The van der Waals surface area contributed by atoms with Crippen LogP contribution in [0.2, 0.25) is 0 Å². The highest BCUT2D eigenvalue weighted by molar-refractivity contribution is 8.23. The van der Waals surface area contributed by atoms with Crippen LogP contribution in [0.4, 0.5) is 5.69 Å². The number of imide groups is 1. The molecule has 1 aromatic rings. The highest BCUT2D eigenvalue weighted by Gasteiger charge is 2.40. The van der Waals surface area contributed by atoms with Crippen molar-refractivity contribution in [1.29, 1.82) is 0 Å². The van der Waals surface area contributed by atoms with Crippen LogP contribution in [0, 0.1) is 0 Å². The number of thiocarbonyl (C=S) groups is 1. The Labute approximate surface area is 134 Å². The Morgan fingerprint density at radius 1 is 1.29 bits per heavy atom. The van der Waals surface area contributed by atoms with Gasteiger partial charge in [-0.05, 0) is 26.0 Å². The van der Waals surface area contributed by atoms with Crippen LogP contribution in [0.15, 0.2) is 30.3 Å². The molecule has 0 bridgehead atoms. The number of hydrogen-bond acceptors (Lipinski definition) is 4. The minimum Gasteiger partial charge on any atom is -0.358 e. The van der Waals surface area contributed by atoms with Crippen molar-refractivity contribution in [2.75, 3.05) is 18.0 Å². The molecule has 2 amide bonds. The molecule has 0 unspecified atom stereocenters. The molecule has 1 aromatic carbocycles. The molecule has 1 fully saturated rings. The number of thioether (sulfide) groups is 1. The summed E-state index contributed by atoms with van der Waals surface area (Å²) in [6, 6.07) is 9.03. The number of para-hydroxylation sites is 1. The van der Waals surface area contributed by atoms with E-state index in [0.29, 0.717) is 10.0 Å². The van der Waals surface area contributed by atoms with Crippen LogP contribution in [0.25, 0.3) is 0 Å². The minimum atomic E-state index is -0.411. The topological polar surface area (TPSA) is 40.6 Å². The van der Waals surface area contributed by atoms with Gasteiger partial charge in [0.1, 0.15) is 9.57 Å². The van der Waals surface area contributed by atoms with Gasteiger partial charge in [-0.25, -0.2) is 4.90 Å². The van der Waals surface area contributed by atoms with E-state index in [1.54, 1.807) is 12.1 Å². The van der Waals surface area contributed by atoms with Gasteiger partial charge < -0.3 is 4.90 Å². The Morgan fingerprint density at radius 2 is 1.90 bits per heavy atom. The third-order valence-electron chi connectivity index (χ3n) is 3.38. The highest BCUT2D eigenvalue weighted by Crippen LogP contribution is 2.30. The average Bonchev–Trinajstić information content (AvgIpc) is 2.75. The molecular weight excluding hydrogens is 304 g/mol. The van der Waals surface area contributed by atoms with Crippen LogP contribution in [-0.2, 0) is 9.59 Å². The van der Waals surface area contributed by atoms with Crippen LogP contribution in [0.1, 0.15) is 20.3 Å². The van der Waals surface area contributed by atoms with Crippen molar-refractivity contribution in [2.24, 2.45) is 0 Å². The van der Waals surface area contributed by atoms with E-state index < -0.39 is 5.25 Å². The molecule has 0 spiro atoms. The Kier molecular flexibility index (Phi) is 5.36. The van der Waals surface area contributed by atoms with Gasteiger partial charge in [0.25, 0.3) is 0 Å². The number of hydrogen-bond donors (Lipinski definition) is 0. The summed E-state index contributed by atoms with van der Waals surface area (Å²) < 4.78 is 0.682. The smallest absolute Gasteiger partial charge is 0.247 e. The lowest BCUT2D eigenvalue weighted by atomic mass is 10.3. The maximum atomic E-state index is 12.5. The van der Waals surface area contributed by atoms with Crippen molar-refractivity contribution in [2.45, 2.75) is 25.5 Å². The molecule has 1 saturated heterocycles. The number of amides is 2. The zero-order chi connectivity index (χ0) is 15.4. The molecule has 1 aliphatic rings. The van der Waals surface area contributed by atoms with Gasteiger partial charge in [-0.1, -0.05) is 42.2 Å². The maximum absolute atomic E-state index is 12.5. The molecule has 21 heavy (non-hydrogen) atoms. The maximum Gasteiger partial charge on any atom is 0.247 e. The predicted octanol–water partition coefficient (Wildman–Crippen LogP) is 2.68. The quantitative estimate of drug-likeness (QED) is 0.630. The molecular formula is C15H18N2O2S2. The third-order valence-corrected chi connectivity index (χ3v) is 5.04. The van der Waals surface area contributed by atoms with Crippen molar-refractivity contribution < 1.29 is 9.59 Å². The van der Waals surface area contributed by atoms with E-state index in [1.807, 2.05) is 36.9 Å². The first-order chi connectivity index (χ1) is 10.1. The minimum absolute atomic E-state index is 0.161. The van der Waals surface area contributed by atoms with Gasteiger partial charge in [0.15, 0.2) is 0 Å². The van der Waals surface area contributed by atoms with Gasteiger partial charge in [-0.3, -0.25) is 9.59 Å². The monoisotopic (exact) mass is 322 g/mol. The van der Waals surface area contributed by atoms with Crippen LogP contribution >= 0.6 is 24.0 Å². The Hall–Kier alpha value is -1.40. The summed E-state index contributed by atoms with van der Waals surface area (Å²) in [6.07, 6.45) is 0.208. The van der Waals surface area contributed by atoms with E-state index in [1.165, 1.54) is 16.7 Å². The van der Waals surface area contributed by atoms with E-state index in [2.05, 4.69) is 0 Å². The highest BCUT2D eigenvalue weighted by atomic mass is 32.2. The number of carbonyl (C=O) groups is 2. The first-order valence-electron chi connectivity index (χ1n) is 6.95. The lowest BCUT2D eigenvalue weighted by Crippen LogP contribution is -2.33. The summed E-state index contributed by atoms with van der Waals surface area (Å²) in [4.78, 5) is 27.9. The Morgan fingerprint density at radius 3 is 2.48 bits per heavy atom. The summed E-state index contributed by atoms with van der Waals surface area (Å²) >= 11 is 6.68. The molecule has 1 atom stereocenters. The lowest BCUT2D eigenvalue weighted by molar-refractivity contribution is -0.121. The van der Waals surface area contributed by atoms with E-state index in [0.717, 1.165) is 13.1 Å². The summed E-state index contributed by atoms with van der Waals surface area (Å²) in [5.74, 6) is -0.336. The van der Waals surface area contributed by atoms with E-state index in [4.69, 9.17) is 12.2 Å². The fourth-order valence-electron chi connectivity index (χ4n) is 2.22.